The Morgan fingerprint density at radius 3 is 2.70 bits per heavy atom. The molecule has 0 saturated heterocycles. The number of aromatic nitrogens is 1. The van der Waals surface area contributed by atoms with Crippen molar-refractivity contribution in [1.29, 1.82) is 0 Å². The molecule has 0 fully saturated rings. The molecule has 0 spiro atoms. The number of nitrogens with zero attached hydrogens (tertiary/aromatic N) is 2. The lowest BCUT2D eigenvalue weighted by atomic mass is 10.2. The van der Waals surface area contributed by atoms with Crippen LogP contribution < -0.4 is 10.7 Å². The maximum atomic E-state index is 11.9. The number of fused-ring (bicyclic) bond motifs is 1. The standard InChI is InChI=1S/C18H18N4O/c1-13-7-3-5-9-16(13)20-18(23)21-19-11-14-12-22(2)17-10-6-4-8-15(14)17/h3-12H,1-2H3,(H2,20,21,23). The van der Waals surface area contributed by atoms with Crippen molar-refractivity contribution < 1.29 is 4.79 Å². The molecule has 1 aromatic heterocycles. The molecule has 0 radical (unpaired) electrons. The number of benzene rings is 2. The highest BCUT2D eigenvalue weighted by atomic mass is 16.2. The van der Waals surface area contributed by atoms with Crippen molar-refractivity contribution in [2.75, 3.05) is 5.32 Å². The molecule has 0 unspecified atom stereocenters. The maximum Gasteiger partial charge on any atom is 0.339 e. The number of hydrazone groups is 1. The van der Waals surface area contributed by atoms with E-state index in [1.165, 1.54) is 0 Å². The predicted molar refractivity (Wildman–Crippen MR) is 93.8 cm³/mol. The van der Waals surface area contributed by atoms with E-state index in [1.54, 1.807) is 6.21 Å². The number of rotatable bonds is 3. The Hall–Kier alpha value is -3.08. The van der Waals surface area contributed by atoms with E-state index in [2.05, 4.69) is 15.8 Å². The van der Waals surface area contributed by atoms with E-state index in [0.717, 1.165) is 27.7 Å². The number of aryl methyl sites for hydroxylation is 2. The smallest absolute Gasteiger partial charge is 0.339 e. The van der Waals surface area contributed by atoms with Crippen LogP contribution in [0.2, 0.25) is 0 Å². The van der Waals surface area contributed by atoms with Gasteiger partial charge in [-0.1, -0.05) is 36.4 Å². The summed E-state index contributed by atoms with van der Waals surface area (Å²) >= 11 is 0. The van der Waals surface area contributed by atoms with Gasteiger partial charge in [-0.25, -0.2) is 10.2 Å². The molecular formula is C18H18N4O. The first kappa shape index (κ1) is 14.8. The molecule has 23 heavy (non-hydrogen) atoms. The Kier molecular flexibility index (Phi) is 4.10. The van der Waals surface area contributed by atoms with E-state index in [9.17, 15) is 4.79 Å². The summed E-state index contributed by atoms with van der Waals surface area (Å²) in [6.45, 7) is 1.94. The van der Waals surface area contributed by atoms with Crippen LogP contribution in [0.1, 0.15) is 11.1 Å². The number of hydrogen-bond acceptors (Lipinski definition) is 2. The summed E-state index contributed by atoms with van der Waals surface area (Å²) < 4.78 is 2.03. The predicted octanol–water partition coefficient (Wildman–Crippen LogP) is 3.64. The van der Waals surface area contributed by atoms with Crippen LogP contribution in [-0.2, 0) is 7.05 Å². The van der Waals surface area contributed by atoms with Crippen molar-refractivity contribution in [1.82, 2.24) is 9.99 Å². The summed E-state index contributed by atoms with van der Waals surface area (Å²) in [6.07, 6.45) is 3.63. The summed E-state index contributed by atoms with van der Waals surface area (Å²) in [5.74, 6) is 0. The van der Waals surface area contributed by atoms with Crippen molar-refractivity contribution in [3.63, 3.8) is 0 Å². The van der Waals surface area contributed by atoms with Crippen molar-refractivity contribution in [3.05, 3.63) is 65.9 Å². The lowest BCUT2D eigenvalue weighted by molar-refractivity contribution is 0.252. The van der Waals surface area contributed by atoms with Crippen LogP contribution in [-0.4, -0.2) is 16.8 Å². The first-order valence-corrected chi connectivity index (χ1v) is 7.35. The van der Waals surface area contributed by atoms with Gasteiger partial charge >= 0.3 is 6.03 Å². The molecule has 3 aromatic rings. The topological polar surface area (TPSA) is 58.4 Å². The first-order chi connectivity index (χ1) is 11.1. The third-order valence-electron chi connectivity index (χ3n) is 3.69. The summed E-state index contributed by atoms with van der Waals surface area (Å²) in [6, 6.07) is 15.3. The molecule has 2 N–H and O–H groups in total. The van der Waals surface area contributed by atoms with Crippen LogP contribution in [0.15, 0.2) is 59.8 Å². The van der Waals surface area contributed by atoms with E-state index < -0.39 is 0 Å². The second-order valence-corrected chi connectivity index (χ2v) is 5.35. The van der Waals surface area contributed by atoms with Crippen molar-refractivity contribution in [2.24, 2.45) is 12.1 Å². The molecule has 1 heterocycles. The van der Waals surface area contributed by atoms with Gasteiger partial charge in [-0.05, 0) is 24.6 Å². The number of amides is 2. The summed E-state index contributed by atoms with van der Waals surface area (Å²) in [7, 11) is 1.98. The number of hydrogen-bond donors (Lipinski definition) is 2. The number of carbonyl (C=O) groups excluding carboxylic acids is 1. The molecule has 116 valence electrons. The third-order valence-corrected chi connectivity index (χ3v) is 3.69. The number of nitrogens with one attached hydrogen (secondary N) is 2. The van der Waals surface area contributed by atoms with Gasteiger partial charge < -0.3 is 9.88 Å². The van der Waals surface area contributed by atoms with Crippen LogP contribution in [0.4, 0.5) is 10.5 Å². The molecule has 0 aliphatic carbocycles. The van der Waals surface area contributed by atoms with E-state index >= 15 is 0 Å². The van der Waals surface area contributed by atoms with Crippen LogP contribution in [0.3, 0.4) is 0 Å². The Labute approximate surface area is 134 Å². The second kappa shape index (κ2) is 6.36. The van der Waals surface area contributed by atoms with Gasteiger partial charge in [-0.15, -0.1) is 0 Å². The lowest BCUT2D eigenvalue weighted by Crippen LogP contribution is -2.24. The molecule has 0 aliphatic heterocycles. The van der Waals surface area contributed by atoms with Gasteiger partial charge in [0, 0.05) is 35.4 Å². The highest BCUT2D eigenvalue weighted by Gasteiger charge is 2.04. The second-order valence-electron chi connectivity index (χ2n) is 5.35. The van der Waals surface area contributed by atoms with E-state index in [-0.39, 0.29) is 6.03 Å². The number of urea groups is 1. The molecule has 0 saturated carbocycles. The molecule has 2 aromatic carbocycles. The Morgan fingerprint density at radius 1 is 1.13 bits per heavy atom. The summed E-state index contributed by atoms with van der Waals surface area (Å²) in [4.78, 5) is 11.9. The van der Waals surface area contributed by atoms with Gasteiger partial charge in [-0.2, -0.15) is 5.10 Å². The average molecular weight is 306 g/mol. The summed E-state index contributed by atoms with van der Waals surface area (Å²) in [5, 5.41) is 7.90. The molecular weight excluding hydrogens is 288 g/mol. The zero-order valence-electron chi connectivity index (χ0n) is 13.1. The average Bonchev–Trinajstić information content (AvgIpc) is 2.87. The molecule has 5 heteroatoms. The minimum absolute atomic E-state index is 0.365. The molecule has 0 bridgehead atoms. The minimum atomic E-state index is -0.365. The van der Waals surface area contributed by atoms with Crippen LogP contribution in [0, 0.1) is 6.92 Å². The fourth-order valence-corrected chi connectivity index (χ4v) is 2.50. The molecule has 0 aliphatic rings. The molecule has 3 rings (SSSR count). The number of anilines is 1. The molecule has 2 amide bonds. The van der Waals surface area contributed by atoms with Crippen molar-refractivity contribution in [2.45, 2.75) is 6.92 Å². The number of carbonyl (C=O) groups is 1. The van der Waals surface area contributed by atoms with Gasteiger partial charge in [0.2, 0.25) is 0 Å². The van der Waals surface area contributed by atoms with E-state index in [1.807, 2.05) is 73.3 Å². The lowest BCUT2D eigenvalue weighted by Gasteiger charge is -2.06. The minimum Gasteiger partial charge on any atom is -0.350 e. The number of para-hydroxylation sites is 2. The van der Waals surface area contributed by atoms with E-state index in [0.29, 0.717) is 0 Å². The fraction of sp³-hybridized carbons (Fsp3) is 0.111. The first-order valence-electron chi connectivity index (χ1n) is 7.35. The Morgan fingerprint density at radius 2 is 1.87 bits per heavy atom. The van der Waals surface area contributed by atoms with Crippen LogP contribution in [0.25, 0.3) is 10.9 Å². The van der Waals surface area contributed by atoms with Gasteiger partial charge in [-0.3, -0.25) is 0 Å². The fourth-order valence-electron chi connectivity index (χ4n) is 2.50. The van der Waals surface area contributed by atoms with E-state index in [4.69, 9.17) is 0 Å². The highest BCUT2D eigenvalue weighted by Crippen LogP contribution is 2.18. The zero-order chi connectivity index (χ0) is 16.2. The maximum absolute atomic E-state index is 11.9. The summed E-state index contributed by atoms with van der Waals surface area (Å²) in [5.41, 5.74) is 6.34. The SMILES string of the molecule is Cc1ccccc1NC(=O)NN=Cc1cn(C)c2ccccc12. The normalized spacial score (nSPS) is 11.0. The third kappa shape index (κ3) is 3.23. The zero-order valence-corrected chi connectivity index (χ0v) is 13.1. The van der Waals surface area contributed by atoms with Crippen molar-refractivity contribution in [3.8, 4) is 0 Å². The van der Waals surface area contributed by atoms with Crippen molar-refractivity contribution >= 4 is 28.8 Å². The molecule has 0 atom stereocenters. The van der Waals surface area contributed by atoms with Gasteiger partial charge in [0.25, 0.3) is 0 Å². The van der Waals surface area contributed by atoms with Crippen LogP contribution in [0.5, 0.6) is 0 Å². The monoisotopic (exact) mass is 306 g/mol. The quantitative estimate of drug-likeness (QED) is 0.563. The Balaban J connectivity index is 1.69. The Bertz CT molecular complexity index is 880. The highest BCUT2D eigenvalue weighted by molar-refractivity contribution is 6.00. The van der Waals surface area contributed by atoms with Gasteiger partial charge in [0.1, 0.15) is 0 Å². The largest absolute Gasteiger partial charge is 0.350 e. The molecule has 5 nitrogen and oxygen atoms in total. The van der Waals surface area contributed by atoms with Gasteiger partial charge in [0.15, 0.2) is 0 Å². The van der Waals surface area contributed by atoms with Crippen LogP contribution >= 0.6 is 0 Å². The van der Waals surface area contributed by atoms with Gasteiger partial charge in [0.05, 0.1) is 6.21 Å².